The SMILES string of the molecule is CC(C)c1nc2cc(C(O)C(C)N)ccc2o1. The van der Waals surface area contributed by atoms with Crippen LogP contribution in [0.3, 0.4) is 0 Å². The minimum atomic E-state index is -0.668. The molecule has 2 aromatic rings. The number of aromatic nitrogens is 1. The van der Waals surface area contributed by atoms with E-state index in [1.165, 1.54) is 0 Å². The molecule has 0 radical (unpaired) electrons. The Hall–Kier alpha value is -1.39. The second-order valence-corrected chi connectivity index (χ2v) is 4.74. The van der Waals surface area contributed by atoms with Crippen molar-refractivity contribution in [1.29, 1.82) is 0 Å². The number of aliphatic hydroxyl groups excluding tert-OH is 1. The highest BCUT2D eigenvalue weighted by molar-refractivity contribution is 5.73. The van der Waals surface area contributed by atoms with E-state index in [2.05, 4.69) is 4.98 Å². The second-order valence-electron chi connectivity index (χ2n) is 4.74. The fraction of sp³-hybridized carbons (Fsp3) is 0.462. The molecule has 2 unspecified atom stereocenters. The van der Waals surface area contributed by atoms with Gasteiger partial charge in [-0.05, 0) is 24.6 Å². The van der Waals surface area contributed by atoms with Gasteiger partial charge >= 0.3 is 0 Å². The van der Waals surface area contributed by atoms with E-state index < -0.39 is 6.10 Å². The summed E-state index contributed by atoms with van der Waals surface area (Å²) >= 11 is 0. The Morgan fingerprint density at radius 1 is 1.29 bits per heavy atom. The summed E-state index contributed by atoms with van der Waals surface area (Å²) in [5.74, 6) is 0.969. The Morgan fingerprint density at radius 2 is 2.00 bits per heavy atom. The average Bonchev–Trinajstić information content (AvgIpc) is 2.70. The lowest BCUT2D eigenvalue weighted by Crippen LogP contribution is -2.24. The van der Waals surface area contributed by atoms with Gasteiger partial charge in [-0.25, -0.2) is 4.98 Å². The number of aliphatic hydroxyl groups is 1. The molecule has 0 aliphatic rings. The predicted octanol–water partition coefficient (Wildman–Crippen LogP) is 2.33. The topological polar surface area (TPSA) is 72.3 Å². The third-order valence-electron chi connectivity index (χ3n) is 2.76. The molecule has 2 atom stereocenters. The molecule has 4 heteroatoms. The summed E-state index contributed by atoms with van der Waals surface area (Å²) in [4.78, 5) is 4.40. The molecular formula is C13H18N2O2. The number of benzene rings is 1. The summed E-state index contributed by atoms with van der Waals surface area (Å²) in [5.41, 5.74) is 7.96. The second kappa shape index (κ2) is 4.47. The molecule has 1 aromatic heterocycles. The van der Waals surface area contributed by atoms with Crippen molar-refractivity contribution in [3.63, 3.8) is 0 Å². The smallest absolute Gasteiger partial charge is 0.198 e. The highest BCUT2D eigenvalue weighted by atomic mass is 16.3. The molecule has 0 aliphatic carbocycles. The summed E-state index contributed by atoms with van der Waals surface area (Å²) in [6.45, 7) is 5.84. The van der Waals surface area contributed by atoms with Crippen LogP contribution < -0.4 is 5.73 Å². The van der Waals surface area contributed by atoms with E-state index in [9.17, 15) is 5.11 Å². The Morgan fingerprint density at radius 3 is 2.59 bits per heavy atom. The van der Waals surface area contributed by atoms with Crippen molar-refractivity contribution in [2.45, 2.75) is 38.8 Å². The fourth-order valence-corrected chi connectivity index (χ4v) is 1.70. The van der Waals surface area contributed by atoms with E-state index in [-0.39, 0.29) is 12.0 Å². The zero-order valence-corrected chi connectivity index (χ0v) is 10.3. The third-order valence-corrected chi connectivity index (χ3v) is 2.76. The van der Waals surface area contributed by atoms with Crippen molar-refractivity contribution in [3.05, 3.63) is 29.7 Å². The van der Waals surface area contributed by atoms with E-state index in [1.807, 2.05) is 32.0 Å². The van der Waals surface area contributed by atoms with Crippen molar-refractivity contribution in [2.24, 2.45) is 5.73 Å². The standard InChI is InChI=1S/C13H18N2O2/c1-7(2)13-15-10-6-9(12(16)8(3)14)4-5-11(10)17-13/h4-8,12,16H,14H2,1-3H3. The Labute approximate surface area is 100 Å². The van der Waals surface area contributed by atoms with Crippen molar-refractivity contribution < 1.29 is 9.52 Å². The van der Waals surface area contributed by atoms with Crippen LogP contribution in [0.5, 0.6) is 0 Å². The number of hydrogen-bond acceptors (Lipinski definition) is 4. The number of hydrogen-bond donors (Lipinski definition) is 2. The van der Waals surface area contributed by atoms with Crippen LogP contribution >= 0.6 is 0 Å². The monoisotopic (exact) mass is 234 g/mol. The van der Waals surface area contributed by atoms with Crippen molar-refractivity contribution in [1.82, 2.24) is 4.98 Å². The number of oxazole rings is 1. The highest BCUT2D eigenvalue weighted by Crippen LogP contribution is 2.25. The van der Waals surface area contributed by atoms with Gasteiger partial charge in [-0.15, -0.1) is 0 Å². The minimum absolute atomic E-state index is 0.254. The van der Waals surface area contributed by atoms with Crippen LogP contribution in [0, 0.1) is 0 Å². The third kappa shape index (κ3) is 2.33. The maximum atomic E-state index is 9.89. The van der Waals surface area contributed by atoms with E-state index >= 15 is 0 Å². The fourth-order valence-electron chi connectivity index (χ4n) is 1.70. The van der Waals surface area contributed by atoms with Gasteiger partial charge in [-0.2, -0.15) is 0 Å². The van der Waals surface area contributed by atoms with Gasteiger partial charge in [0.05, 0.1) is 6.10 Å². The molecule has 0 fully saturated rings. The van der Waals surface area contributed by atoms with Crippen LogP contribution in [0.4, 0.5) is 0 Å². The Balaban J connectivity index is 2.43. The molecule has 4 nitrogen and oxygen atoms in total. The van der Waals surface area contributed by atoms with Crippen LogP contribution in [-0.4, -0.2) is 16.1 Å². The van der Waals surface area contributed by atoms with Gasteiger partial charge in [-0.1, -0.05) is 19.9 Å². The van der Waals surface area contributed by atoms with E-state index in [0.29, 0.717) is 5.89 Å². The van der Waals surface area contributed by atoms with Gasteiger partial charge in [0.2, 0.25) is 0 Å². The predicted molar refractivity (Wildman–Crippen MR) is 66.7 cm³/mol. The van der Waals surface area contributed by atoms with Crippen LogP contribution in [0.15, 0.2) is 22.6 Å². The highest BCUT2D eigenvalue weighted by Gasteiger charge is 2.15. The van der Waals surface area contributed by atoms with Crippen LogP contribution in [0.25, 0.3) is 11.1 Å². The van der Waals surface area contributed by atoms with Crippen molar-refractivity contribution in [2.75, 3.05) is 0 Å². The molecular weight excluding hydrogens is 216 g/mol. The lowest BCUT2D eigenvalue weighted by atomic mass is 10.0. The van der Waals surface area contributed by atoms with Gasteiger partial charge in [0.15, 0.2) is 11.5 Å². The lowest BCUT2D eigenvalue weighted by Gasteiger charge is -2.14. The molecule has 0 amide bonds. The van der Waals surface area contributed by atoms with Gasteiger partial charge in [0.1, 0.15) is 5.52 Å². The Bertz CT molecular complexity index is 517. The number of nitrogens with two attached hydrogens (primary N) is 1. The zero-order valence-electron chi connectivity index (χ0n) is 10.3. The molecule has 3 N–H and O–H groups in total. The summed E-state index contributed by atoms with van der Waals surface area (Å²) in [5, 5.41) is 9.89. The number of nitrogens with zero attached hydrogens (tertiary/aromatic N) is 1. The largest absolute Gasteiger partial charge is 0.440 e. The lowest BCUT2D eigenvalue weighted by molar-refractivity contribution is 0.153. The molecule has 2 rings (SSSR count). The van der Waals surface area contributed by atoms with Gasteiger partial charge < -0.3 is 15.3 Å². The molecule has 0 saturated heterocycles. The first-order valence-electron chi connectivity index (χ1n) is 5.83. The first-order chi connectivity index (χ1) is 7.99. The summed E-state index contributed by atoms with van der Waals surface area (Å²) in [6.07, 6.45) is -0.668. The first kappa shape index (κ1) is 12.1. The van der Waals surface area contributed by atoms with Gasteiger partial charge in [0.25, 0.3) is 0 Å². The first-order valence-corrected chi connectivity index (χ1v) is 5.83. The molecule has 0 aliphatic heterocycles. The van der Waals surface area contributed by atoms with E-state index in [1.54, 1.807) is 6.92 Å². The average molecular weight is 234 g/mol. The van der Waals surface area contributed by atoms with Crippen LogP contribution in [0.1, 0.15) is 44.2 Å². The normalized spacial score (nSPS) is 15.4. The number of rotatable bonds is 3. The maximum Gasteiger partial charge on any atom is 0.198 e. The van der Waals surface area contributed by atoms with Crippen molar-refractivity contribution >= 4 is 11.1 Å². The molecule has 0 bridgehead atoms. The summed E-state index contributed by atoms with van der Waals surface area (Å²) in [7, 11) is 0. The van der Waals surface area contributed by atoms with Crippen LogP contribution in [0.2, 0.25) is 0 Å². The van der Waals surface area contributed by atoms with E-state index in [0.717, 1.165) is 16.7 Å². The summed E-state index contributed by atoms with van der Waals surface area (Å²) < 4.78 is 5.60. The quantitative estimate of drug-likeness (QED) is 0.855. The molecule has 0 spiro atoms. The van der Waals surface area contributed by atoms with Gasteiger partial charge in [-0.3, -0.25) is 0 Å². The van der Waals surface area contributed by atoms with Crippen LogP contribution in [-0.2, 0) is 0 Å². The van der Waals surface area contributed by atoms with E-state index in [4.69, 9.17) is 10.2 Å². The molecule has 1 heterocycles. The molecule has 17 heavy (non-hydrogen) atoms. The maximum absolute atomic E-state index is 9.89. The van der Waals surface area contributed by atoms with Gasteiger partial charge in [0, 0.05) is 12.0 Å². The summed E-state index contributed by atoms with van der Waals surface area (Å²) in [6, 6.07) is 5.18. The minimum Gasteiger partial charge on any atom is -0.440 e. The van der Waals surface area contributed by atoms with Crippen molar-refractivity contribution in [3.8, 4) is 0 Å². The molecule has 1 aromatic carbocycles. The number of fused-ring (bicyclic) bond motifs is 1. The molecule has 92 valence electrons. The Kier molecular flexibility index (Phi) is 3.17. The molecule has 0 saturated carbocycles. The zero-order chi connectivity index (χ0) is 12.6.